The van der Waals surface area contributed by atoms with E-state index in [4.69, 9.17) is 14.2 Å². The third-order valence-corrected chi connectivity index (χ3v) is 8.64. The number of amides is 5. The van der Waals surface area contributed by atoms with Crippen molar-refractivity contribution >= 4 is 45.8 Å². The molecule has 0 radical (unpaired) electrons. The normalized spacial score (nSPS) is 17.7. The maximum Gasteiger partial charge on any atom is 0.323 e. The molecule has 0 bridgehead atoms. The Kier molecular flexibility index (Phi) is 9.53. The van der Waals surface area contributed by atoms with Crippen LogP contribution >= 0.6 is 0 Å². The van der Waals surface area contributed by atoms with Gasteiger partial charge >= 0.3 is 12.1 Å². The van der Waals surface area contributed by atoms with Crippen LogP contribution in [0, 0.1) is 5.92 Å². The Balaban J connectivity index is 1.20. The summed E-state index contributed by atoms with van der Waals surface area (Å²) in [6.45, 7) is 4.20. The van der Waals surface area contributed by atoms with Crippen LogP contribution in [0.5, 0.6) is 17.2 Å². The smallest absolute Gasteiger partial charge is 0.323 e. The summed E-state index contributed by atoms with van der Waals surface area (Å²) in [7, 11) is 1.67. The second kappa shape index (κ2) is 14.1. The average molecular weight is 654 g/mol. The van der Waals surface area contributed by atoms with Crippen LogP contribution in [0.1, 0.15) is 19.4 Å². The van der Waals surface area contributed by atoms with Gasteiger partial charge in [0.1, 0.15) is 11.9 Å². The second-order valence-corrected chi connectivity index (χ2v) is 12.2. The number of hydrogen-bond acceptors (Lipinski definition) is 7. The molecule has 2 aliphatic rings. The van der Waals surface area contributed by atoms with Gasteiger partial charge in [0.05, 0.1) is 31.3 Å². The number of hydrogen-bond donors (Lipinski definition) is 4. The standard InChI is InChI=1S/C36H39N5O7/c1-22-18-41(23(2)20-42)34(43)16-25-15-26(37-35(44)39-29-10-6-8-24-7-4-5-9-28(24)29)11-13-30(25)48-33(22)19-40(3)36(45)38-27-12-14-31-32(17-27)47-21-46-31/h4-15,17,22-23,33,42H,16,18-21H2,1-3H3,(H,38,45)(H2,37,39,44)/t22-,23-,33-/m1/s1. The highest BCUT2D eigenvalue weighted by molar-refractivity contribution is 6.06. The Morgan fingerprint density at radius 2 is 1.67 bits per heavy atom. The van der Waals surface area contributed by atoms with Crippen molar-refractivity contribution < 1.29 is 33.7 Å². The zero-order valence-electron chi connectivity index (χ0n) is 27.1. The molecule has 0 aliphatic carbocycles. The molecule has 12 nitrogen and oxygen atoms in total. The number of carbonyl (C=O) groups is 3. The van der Waals surface area contributed by atoms with Gasteiger partial charge in [-0.05, 0) is 48.7 Å². The fourth-order valence-electron chi connectivity index (χ4n) is 5.89. The molecule has 2 aliphatic heterocycles. The summed E-state index contributed by atoms with van der Waals surface area (Å²) in [6, 6.07) is 22.6. The van der Waals surface area contributed by atoms with Crippen LogP contribution in [-0.2, 0) is 11.2 Å². The molecule has 5 amide bonds. The lowest BCUT2D eigenvalue weighted by atomic mass is 10.0. The minimum Gasteiger partial charge on any atom is -0.488 e. The van der Waals surface area contributed by atoms with Gasteiger partial charge in [0.15, 0.2) is 11.5 Å². The number of rotatable bonds is 7. The highest BCUT2D eigenvalue weighted by Gasteiger charge is 2.32. The molecule has 4 N–H and O–H groups in total. The average Bonchev–Trinajstić information content (AvgIpc) is 3.56. The molecule has 0 aromatic heterocycles. The lowest BCUT2D eigenvalue weighted by Gasteiger charge is -2.34. The molecular weight excluding hydrogens is 614 g/mol. The number of carbonyl (C=O) groups excluding carboxylic acids is 3. The summed E-state index contributed by atoms with van der Waals surface area (Å²) in [5.74, 6) is 1.26. The highest BCUT2D eigenvalue weighted by Crippen LogP contribution is 2.34. The Hall–Kier alpha value is -5.49. The monoisotopic (exact) mass is 653 g/mol. The van der Waals surface area contributed by atoms with Crippen LogP contribution in [0.3, 0.4) is 0 Å². The minimum atomic E-state index is -0.510. The number of nitrogens with zero attached hydrogens (tertiary/aromatic N) is 2. The molecule has 4 aromatic rings. The van der Waals surface area contributed by atoms with Gasteiger partial charge in [-0.3, -0.25) is 4.79 Å². The predicted octanol–water partition coefficient (Wildman–Crippen LogP) is 5.53. The minimum absolute atomic E-state index is 0.0000145. The van der Waals surface area contributed by atoms with E-state index in [-0.39, 0.29) is 44.2 Å². The van der Waals surface area contributed by atoms with Gasteiger partial charge in [0.2, 0.25) is 12.7 Å². The van der Waals surface area contributed by atoms with E-state index in [9.17, 15) is 19.5 Å². The lowest BCUT2D eigenvalue weighted by Crippen LogP contribution is -2.48. The van der Waals surface area contributed by atoms with Crippen molar-refractivity contribution in [3.8, 4) is 17.2 Å². The SMILES string of the molecule is C[C@@H]1CN([C@H](C)CO)C(=O)Cc2cc(NC(=O)Nc3cccc4ccccc34)ccc2O[C@@H]1CN(C)C(=O)Nc1ccc2c(c1)OCO2. The van der Waals surface area contributed by atoms with Crippen LogP contribution in [0.2, 0.25) is 0 Å². The summed E-state index contributed by atoms with van der Waals surface area (Å²) in [5, 5.41) is 20.6. The maximum atomic E-state index is 13.6. The van der Waals surface area contributed by atoms with Gasteiger partial charge in [-0.15, -0.1) is 0 Å². The van der Waals surface area contributed by atoms with Gasteiger partial charge in [-0.2, -0.15) is 0 Å². The molecule has 3 atom stereocenters. The Morgan fingerprint density at radius 3 is 2.48 bits per heavy atom. The second-order valence-electron chi connectivity index (χ2n) is 12.2. The summed E-state index contributed by atoms with van der Waals surface area (Å²) in [6.07, 6.45) is -0.510. The van der Waals surface area contributed by atoms with E-state index in [1.807, 2.05) is 49.4 Å². The van der Waals surface area contributed by atoms with Crippen molar-refractivity contribution in [1.29, 1.82) is 0 Å². The first-order chi connectivity index (χ1) is 23.2. The molecule has 0 saturated carbocycles. The van der Waals surface area contributed by atoms with Crippen molar-refractivity contribution in [2.45, 2.75) is 32.4 Å². The Bertz CT molecular complexity index is 1830. The van der Waals surface area contributed by atoms with Gasteiger partial charge in [-0.1, -0.05) is 43.3 Å². The number of benzene rings is 4. The van der Waals surface area contributed by atoms with Crippen LogP contribution in [0.4, 0.5) is 26.7 Å². The van der Waals surface area contributed by atoms with Crippen LogP contribution < -0.4 is 30.2 Å². The predicted molar refractivity (Wildman–Crippen MR) is 183 cm³/mol. The molecule has 0 unspecified atom stereocenters. The molecule has 6 rings (SSSR count). The van der Waals surface area contributed by atoms with Crippen molar-refractivity contribution in [3.05, 3.63) is 84.4 Å². The van der Waals surface area contributed by atoms with Crippen molar-refractivity contribution in [2.24, 2.45) is 5.92 Å². The van der Waals surface area contributed by atoms with Gasteiger partial charge in [0.25, 0.3) is 0 Å². The largest absolute Gasteiger partial charge is 0.488 e. The summed E-state index contributed by atoms with van der Waals surface area (Å²) in [4.78, 5) is 43.1. The summed E-state index contributed by atoms with van der Waals surface area (Å²) in [5.41, 5.74) is 2.28. The quantitative estimate of drug-likeness (QED) is 0.206. The number of anilines is 3. The summed E-state index contributed by atoms with van der Waals surface area (Å²) < 4.78 is 17.3. The van der Waals surface area contributed by atoms with Crippen LogP contribution in [0.15, 0.2) is 78.9 Å². The van der Waals surface area contributed by atoms with E-state index in [0.29, 0.717) is 46.4 Å². The van der Waals surface area contributed by atoms with Crippen molar-refractivity contribution in [3.63, 3.8) is 0 Å². The number of ether oxygens (including phenoxy) is 3. The van der Waals surface area contributed by atoms with E-state index in [1.165, 1.54) is 4.90 Å². The number of fused-ring (bicyclic) bond motifs is 3. The van der Waals surface area contributed by atoms with Crippen molar-refractivity contribution in [2.75, 3.05) is 49.5 Å². The molecule has 48 heavy (non-hydrogen) atoms. The van der Waals surface area contributed by atoms with Crippen LogP contribution in [-0.4, -0.2) is 78.6 Å². The number of aliphatic hydroxyl groups excluding tert-OH is 1. The van der Waals surface area contributed by atoms with Crippen molar-refractivity contribution in [1.82, 2.24) is 9.80 Å². The topological polar surface area (TPSA) is 142 Å². The lowest BCUT2D eigenvalue weighted by molar-refractivity contribution is -0.134. The zero-order valence-corrected chi connectivity index (χ0v) is 27.1. The fraction of sp³-hybridized carbons (Fsp3) is 0.306. The van der Waals surface area contributed by atoms with E-state index >= 15 is 0 Å². The van der Waals surface area contributed by atoms with E-state index in [0.717, 1.165) is 10.8 Å². The number of nitrogens with one attached hydrogen (secondary N) is 3. The third-order valence-electron chi connectivity index (χ3n) is 8.64. The molecule has 0 saturated heterocycles. The molecular formula is C36H39N5O7. The first-order valence-electron chi connectivity index (χ1n) is 15.9. The first-order valence-corrected chi connectivity index (χ1v) is 15.9. The molecule has 4 aromatic carbocycles. The number of urea groups is 2. The fourth-order valence-corrected chi connectivity index (χ4v) is 5.89. The maximum absolute atomic E-state index is 13.6. The molecule has 250 valence electrons. The molecule has 0 spiro atoms. The van der Waals surface area contributed by atoms with E-state index < -0.39 is 18.2 Å². The Morgan fingerprint density at radius 1 is 0.938 bits per heavy atom. The van der Waals surface area contributed by atoms with E-state index in [2.05, 4.69) is 16.0 Å². The molecule has 0 fully saturated rings. The van der Waals surface area contributed by atoms with Gasteiger partial charge < -0.3 is 45.1 Å². The third kappa shape index (κ3) is 7.23. The first kappa shape index (κ1) is 32.5. The molecule has 2 heterocycles. The van der Waals surface area contributed by atoms with Crippen LogP contribution in [0.25, 0.3) is 10.8 Å². The highest BCUT2D eigenvalue weighted by atomic mass is 16.7. The zero-order chi connectivity index (χ0) is 33.8. The van der Waals surface area contributed by atoms with Gasteiger partial charge in [0, 0.05) is 47.9 Å². The summed E-state index contributed by atoms with van der Waals surface area (Å²) >= 11 is 0. The number of aliphatic hydroxyl groups is 1. The molecule has 12 heteroatoms. The number of likely N-dealkylation sites (N-methyl/N-ethyl adjacent to an activating group) is 1. The van der Waals surface area contributed by atoms with Gasteiger partial charge in [-0.25, -0.2) is 9.59 Å². The Labute approximate surface area is 278 Å². The van der Waals surface area contributed by atoms with E-state index in [1.54, 1.807) is 55.3 Å².